The molecule has 0 aromatic carbocycles. The summed E-state index contributed by atoms with van der Waals surface area (Å²) >= 11 is 0. The lowest BCUT2D eigenvalue weighted by molar-refractivity contribution is -0.123. The molecule has 0 aliphatic heterocycles. The van der Waals surface area contributed by atoms with Gasteiger partial charge >= 0.3 is 0 Å². The van der Waals surface area contributed by atoms with E-state index >= 15 is 0 Å². The number of Topliss-reactive ketones (excluding diaryl/α,β-unsaturated/α-hetero) is 1. The summed E-state index contributed by atoms with van der Waals surface area (Å²) in [6.45, 7) is 38.0. The molecule has 5 atom stereocenters. The van der Waals surface area contributed by atoms with Crippen LogP contribution in [0.15, 0.2) is 24.4 Å². The number of nitrogens with one attached hydrogen (secondary N) is 1. The minimum atomic E-state index is 0.345. The van der Waals surface area contributed by atoms with E-state index in [0.29, 0.717) is 23.2 Å². The van der Waals surface area contributed by atoms with Crippen LogP contribution >= 0.6 is 0 Å². The highest BCUT2D eigenvalue weighted by atomic mass is 16.1. The van der Waals surface area contributed by atoms with Gasteiger partial charge in [-0.15, -0.1) is 6.58 Å². The molecule has 0 bridgehead atoms. The highest BCUT2D eigenvalue weighted by Crippen LogP contribution is 2.60. The van der Waals surface area contributed by atoms with E-state index in [4.69, 9.17) is 0 Å². The molecule has 384 valence electrons. The smallest absolute Gasteiger partial charge is 0.135 e. The number of allylic oxidation sites excluding steroid dienone is 2. The average molecular weight is 902 g/mol. The zero-order valence-electron chi connectivity index (χ0n) is 46.9. The summed E-state index contributed by atoms with van der Waals surface area (Å²) in [5.41, 5.74) is 3.45. The molecule has 1 N–H and O–H groups in total. The highest BCUT2D eigenvalue weighted by Gasteiger charge is 2.50. The molecule has 1 rings (SSSR count). The Labute approximate surface area is 407 Å². The molecule has 1 saturated carbocycles. The van der Waals surface area contributed by atoms with Gasteiger partial charge in [0.25, 0.3) is 0 Å². The van der Waals surface area contributed by atoms with Crippen molar-refractivity contribution in [3.63, 3.8) is 0 Å². The third-order valence-electron chi connectivity index (χ3n) is 14.3. The van der Waals surface area contributed by atoms with Gasteiger partial charge in [-0.25, -0.2) is 0 Å². The molecule has 3 nitrogen and oxygen atoms in total. The van der Waals surface area contributed by atoms with E-state index < -0.39 is 0 Å². The molecular formula is C61H124N2O. The van der Waals surface area contributed by atoms with E-state index in [1.54, 1.807) is 0 Å². The average Bonchev–Trinajstić information content (AvgIpc) is 3.99. The number of nitrogens with zero attached hydrogens (tertiary/aromatic N) is 1. The minimum Gasteiger partial charge on any atom is -0.372 e. The Hall–Kier alpha value is -1.09. The van der Waals surface area contributed by atoms with E-state index in [9.17, 15) is 4.79 Å². The SMILES string of the molecule is C=C(C)CC1(CC)CC1CC.C=C(CCCCCCCC)N(CCCNC)C(CCCCCCCCCCC(=O)C(CCCC)CCCCCC)CC(C)CC.CCC.CCCCC. The van der Waals surface area contributed by atoms with Gasteiger partial charge in [0.05, 0.1) is 0 Å². The summed E-state index contributed by atoms with van der Waals surface area (Å²) in [6.07, 6.45) is 46.2. The number of carbonyl (C=O) groups excluding carboxylic acids is 1. The number of ketones is 1. The molecular weight excluding hydrogens is 777 g/mol. The molecule has 0 saturated heterocycles. The maximum Gasteiger partial charge on any atom is 0.135 e. The van der Waals surface area contributed by atoms with Crippen molar-refractivity contribution < 1.29 is 4.79 Å². The molecule has 0 radical (unpaired) electrons. The second kappa shape index (κ2) is 49.8. The van der Waals surface area contributed by atoms with Crippen molar-refractivity contribution in [2.45, 2.75) is 320 Å². The van der Waals surface area contributed by atoms with E-state index in [2.05, 4.69) is 114 Å². The van der Waals surface area contributed by atoms with Gasteiger partial charge in [-0.1, -0.05) is 242 Å². The van der Waals surface area contributed by atoms with Crippen LogP contribution in [-0.4, -0.2) is 36.9 Å². The van der Waals surface area contributed by atoms with Crippen LogP contribution in [0.1, 0.15) is 314 Å². The Morgan fingerprint density at radius 1 is 0.625 bits per heavy atom. The third kappa shape index (κ3) is 40.0. The van der Waals surface area contributed by atoms with Crippen molar-refractivity contribution in [3.05, 3.63) is 24.4 Å². The van der Waals surface area contributed by atoms with Gasteiger partial charge in [0.1, 0.15) is 5.78 Å². The van der Waals surface area contributed by atoms with Gasteiger partial charge < -0.3 is 10.2 Å². The molecule has 0 aromatic rings. The van der Waals surface area contributed by atoms with Gasteiger partial charge in [0, 0.05) is 30.6 Å². The van der Waals surface area contributed by atoms with Crippen LogP contribution in [0.4, 0.5) is 0 Å². The molecule has 0 heterocycles. The number of carbonyl (C=O) groups is 1. The first-order chi connectivity index (χ1) is 30.9. The monoisotopic (exact) mass is 901 g/mol. The molecule has 1 aliphatic carbocycles. The predicted molar refractivity (Wildman–Crippen MR) is 295 cm³/mol. The van der Waals surface area contributed by atoms with E-state index in [1.165, 1.54) is 217 Å². The summed E-state index contributed by atoms with van der Waals surface area (Å²) in [4.78, 5) is 15.7. The van der Waals surface area contributed by atoms with E-state index in [0.717, 1.165) is 50.6 Å². The normalized spacial score (nSPS) is 16.5. The number of hydrogen-bond acceptors (Lipinski definition) is 3. The lowest BCUT2D eigenvalue weighted by Gasteiger charge is -2.37. The maximum absolute atomic E-state index is 12.9. The Balaban J connectivity index is -0.00000160. The molecule has 0 amide bonds. The molecule has 1 fully saturated rings. The van der Waals surface area contributed by atoms with Crippen LogP contribution in [0.5, 0.6) is 0 Å². The van der Waals surface area contributed by atoms with Gasteiger partial charge in [0.15, 0.2) is 0 Å². The van der Waals surface area contributed by atoms with Crippen molar-refractivity contribution >= 4 is 5.78 Å². The number of unbranched alkanes of at least 4 members (excludes halogenated alkanes) is 18. The predicted octanol–water partition coefficient (Wildman–Crippen LogP) is 20.6. The van der Waals surface area contributed by atoms with Gasteiger partial charge in [-0.2, -0.15) is 0 Å². The second-order valence-corrected chi connectivity index (χ2v) is 20.9. The van der Waals surface area contributed by atoms with Crippen LogP contribution in [0.3, 0.4) is 0 Å². The Morgan fingerprint density at radius 3 is 1.55 bits per heavy atom. The summed E-state index contributed by atoms with van der Waals surface area (Å²) in [5.74, 6) is 2.70. The minimum absolute atomic E-state index is 0.345. The highest BCUT2D eigenvalue weighted by molar-refractivity contribution is 5.80. The summed E-state index contributed by atoms with van der Waals surface area (Å²) in [6, 6.07) is 0.648. The van der Waals surface area contributed by atoms with Crippen LogP contribution in [0, 0.1) is 23.2 Å². The van der Waals surface area contributed by atoms with E-state index in [-0.39, 0.29) is 0 Å². The van der Waals surface area contributed by atoms with Crippen molar-refractivity contribution in [1.82, 2.24) is 10.2 Å². The molecule has 5 unspecified atom stereocenters. The largest absolute Gasteiger partial charge is 0.372 e. The Kier molecular flexibility index (Phi) is 52.3. The zero-order chi connectivity index (χ0) is 48.7. The fourth-order valence-corrected chi connectivity index (χ4v) is 9.73. The van der Waals surface area contributed by atoms with Crippen molar-refractivity contribution in [1.29, 1.82) is 0 Å². The number of rotatable bonds is 42. The molecule has 64 heavy (non-hydrogen) atoms. The van der Waals surface area contributed by atoms with E-state index in [1.807, 2.05) is 0 Å². The lowest BCUT2D eigenvalue weighted by atomic mass is 9.89. The van der Waals surface area contributed by atoms with Crippen LogP contribution in [0.25, 0.3) is 0 Å². The molecule has 0 spiro atoms. The summed E-state index contributed by atoms with van der Waals surface area (Å²) in [5, 5.41) is 3.36. The Morgan fingerprint density at radius 2 is 1.09 bits per heavy atom. The topological polar surface area (TPSA) is 32.3 Å². The fraction of sp³-hybridized carbons (Fsp3) is 0.918. The van der Waals surface area contributed by atoms with Crippen molar-refractivity contribution in [3.8, 4) is 0 Å². The maximum atomic E-state index is 12.9. The summed E-state index contributed by atoms with van der Waals surface area (Å²) in [7, 11) is 2.08. The first-order valence-electron chi connectivity index (χ1n) is 29.2. The first-order valence-corrected chi connectivity index (χ1v) is 29.2. The van der Waals surface area contributed by atoms with Gasteiger partial charge in [-0.05, 0) is 108 Å². The fourth-order valence-electron chi connectivity index (χ4n) is 9.73. The quantitative estimate of drug-likeness (QED) is 0.0489. The zero-order valence-corrected chi connectivity index (χ0v) is 46.9. The van der Waals surface area contributed by atoms with Crippen LogP contribution in [0.2, 0.25) is 0 Å². The molecule has 0 aromatic heterocycles. The summed E-state index contributed by atoms with van der Waals surface area (Å²) < 4.78 is 0. The molecule has 1 aliphatic rings. The number of hydrogen-bond donors (Lipinski definition) is 1. The van der Waals surface area contributed by atoms with Gasteiger partial charge in [-0.3, -0.25) is 4.79 Å². The van der Waals surface area contributed by atoms with Crippen LogP contribution < -0.4 is 5.32 Å². The van der Waals surface area contributed by atoms with Gasteiger partial charge in [0.2, 0.25) is 0 Å². The standard InChI is InChI=1S/C42H84N2O.C11H20.C5H12.C3H8/c1-8-12-15-17-22-25-30-39(6)44(36-29-35-43-7)41(37-38(5)11-4)33-27-23-20-18-19-21-24-28-34-42(45)40(31-14-10-3)32-26-16-13-9-2;1-5-10-8-11(10,6-2)7-9(3)4;1-3-5-4-2;1-3-2/h38,40-41,43H,6,8-37H2,1-5,7H3;10H,3,5-8H2,1-2,4H3;3-5H2,1-2H3;3H2,1-2H3. The Bertz CT molecular complexity index is 987. The van der Waals surface area contributed by atoms with Crippen molar-refractivity contribution in [2.24, 2.45) is 23.2 Å². The third-order valence-corrected chi connectivity index (χ3v) is 14.3. The molecule has 3 heteroatoms. The lowest BCUT2D eigenvalue weighted by Crippen LogP contribution is -2.37. The van der Waals surface area contributed by atoms with Crippen LogP contribution in [-0.2, 0) is 4.79 Å². The first kappa shape index (κ1) is 67.2. The van der Waals surface area contributed by atoms with Crippen molar-refractivity contribution in [2.75, 3.05) is 20.1 Å². The second-order valence-electron chi connectivity index (χ2n) is 20.9.